The number of carbonyl (C=O) groups excluding carboxylic acids is 2. The van der Waals surface area contributed by atoms with Gasteiger partial charge in [0.25, 0.3) is 0 Å². The van der Waals surface area contributed by atoms with Crippen LogP contribution in [0.15, 0.2) is 24.3 Å². The Hall–Kier alpha value is -1.84. The van der Waals surface area contributed by atoms with Crippen molar-refractivity contribution < 1.29 is 9.59 Å². The van der Waals surface area contributed by atoms with Gasteiger partial charge in [-0.25, -0.2) is 0 Å². The van der Waals surface area contributed by atoms with Gasteiger partial charge in [0.05, 0.1) is 0 Å². The second-order valence-corrected chi connectivity index (χ2v) is 6.20. The normalized spacial score (nSPS) is 10.4. The van der Waals surface area contributed by atoms with Crippen LogP contribution in [0.5, 0.6) is 0 Å². The summed E-state index contributed by atoms with van der Waals surface area (Å²) < 4.78 is 0. The molecule has 0 aliphatic carbocycles. The summed E-state index contributed by atoms with van der Waals surface area (Å²) in [4.78, 5) is 25.0. The van der Waals surface area contributed by atoms with Crippen LogP contribution in [0.4, 0.5) is 5.69 Å². The minimum Gasteiger partial charge on any atom is -0.349 e. The van der Waals surface area contributed by atoms with Crippen molar-refractivity contribution in [2.24, 2.45) is 0 Å². The third-order valence-electron chi connectivity index (χ3n) is 3.87. The van der Waals surface area contributed by atoms with E-state index >= 15 is 0 Å². The summed E-state index contributed by atoms with van der Waals surface area (Å²) in [6.07, 6.45) is 7.58. The fourth-order valence-electron chi connectivity index (χ4n) is 2.34. The minimum atomic E-state index is 0.0806. The average molecular weight is 318 g/mol. The molecular formula is C19H30N2O2. The summed E-state index contributed by atoms with van der Waals surface area (Å²) in [5, 5.41) is 2.93. The Kier molecular flexibility index (Phi) is 9.03. The van der Waals surface area contributed by atoms with Crippen molar-refractivity contribution in [1.82, 2.24) is 4.90 Å². The van der Waals surface area contributed by atoms with E-state index in [0.717, 1.165) is 30.5 Å². The Morgan fingerprint density at radius 1 is 0.957 bits per heavy atom. The standard InChI is InChI=1S/C19H30N2O2/c1-4-5-6-7-8-9-18(22)20-17-13-10-16(11-14-17)12-15-19(23)21(2)3/h10-11,13-14H,4-9,12,15H2,1-3H3,(H,20,22). The van der Waals surface area contributed by atoms with Gasteiger partial charge in [-0.2, -0.15) is 0 Å². The number of nitrogens with zero attached hydrogens (tertiary/aromatic N) is 1. The van der Waals surface area contributed by atoms with Crippen LogP contribution in [0.1, 0.15) is 57.4 Å². The predicted octanol–water partition coefficient (Wildman–Crippen LogP) is 4.01. The molecule has 0 aliphatic rings. The molecule has 23 heavy (non-hydrogen) atoms. The lowest BCUT2D eigenvalue weighted by molar-refractivity contribution is -0.128. The Morgan fingerprint density at radius 2 is 1.61 bits per heavy atom. The van der Waals surface area contributed by atoms with E-state index in [1.807, 2.05) is 24.3 Å². The summed E-state index contributed by atoms with van der Waals surface area (Å²) >= 11 is 0. The molecule has 1 aromatic rings. The van der Waals surface area contributed by atoms with Gasteiger partial charge in [-0.15, -0.1) is 0 Å². The quantitative estimate of drug-likeness (QED) is 0.663. The van der Waals surface area contributed by atoms with Gasteiger partial charge in [0.1, 0.15) is 0 Å². The summed E-state index contributed by atoms with van der Waals surface area (Å²) in [7, 11) is 3.53. The molecule has 1 rings (SSSR count). The van der Waals surface area contributed by atoms with Gasteiger partial charge in [0.2, 0.25) is 11.8 Å². The summed E-state index contributed by atoms with van der Waals surface area (Å²) in [6, 6.07) is 7.76. The first-order chi connectivity index (χ1) is 11.0. The number of hydrogen-bond donors (Lipinski definition) is 1. The van der Waals surface area contributed by atoms with Crippen LogP contribution >= 0.6 is 0 Å². The lowest BCUT2D eigenvalue weighted by Gasteiger charge is -2.10. The molecule has 0 saturated carbocycles. The zero-order chi connectivity index (χ0) is 17.1. The van der Waals surface area contributed by atoms with Crippen LogP contribution in [0, 0.1) is 0 Å². The molecule has 0 spiro atoms. The van der Waals surface area contributed by atoms with Gasteiger partial charge < -0.3 is 10.2 Å². The second kappa shape index (κ2) is 10.8. The molecule has 4 nitrogen and oxygen atoms in total. The monoisotopic (exact) mass is 318 g/mol. The highest BCUT2D eigenvalue weighted by Gasteiger charge is 2.05. The first kappa shape index (κ1) is 19.2. The largest absolute Gasteiger partial charge is 0.349 e. The van der Waals surface area contributed by atoms with E-state index in [1.165, 1.54) is 19.3 Å². The van der Waals surface area contributed by atoms with E-state index in [4.69, 9.17) is 0 Å². The van der Waals surface area contributed by atoms with Gasteiger partial charge in [0, 0.05) is 32.6 Å². The zero-order valence-electron chi connectivity index (χ0n) is 14.7. The lowest BCUT2D eigenvalue weighted by Crippen LogP contribution is -2.21. The Bertz CT molecular complexity index is 481. The molecule has 0 fully saturated rings. The molecule has 128 valence electrons. The minimum absolute atomic E-state index is 0.0806. The van der Waals surface area contributed by atoms with Crippen molar-refractivity contribution in [3.05, 3.63) is 29.8 Å². The Labute approximate surface area is 140 Å². The molecule has 0 saturated heterocycles. The smallest absolute Gasteiger partial charge is 0.224 e. The summed E-state index contributed by atoms with van der Waals surface area (Å²) in [5.74, 6) is 0.211. The number of anilines is 1. The highest BCUT2D eigenvalue weighted by molar-refractivity contribution is 5.90. The van der Waals surface area contributed by atoms with E-state index in [9.17, 15) is 9.59 Å². The van der Waals surface area contributed by atoms with Crippen LogP contribution in [-0.2, 0) is 16.0 Å². The van der Waals surface area contributed by atoms with Gasteiger partial charge in [-0.3, -0.25) is 9.59 Å². The first-order valence-corrected chi connectivity index (χ1v) is 8.62. The maximum atomic E-state index is 11.9. The van der Waals surface area contributed by atoms with Crippen LogP contribution in [0.2, 0.25) is 0 Å². The van der Waals surface area contributed by atoms with Gasteiger partial charge in [-0.05, 0) is 30.5 Å². The number of carbonyl (C=O) groups is 2. The molecule has 2 amide bonds. The van der Waals surface area contributed by atoms with Crippen LogP contribution in [-0.4, -0.2) is 30.8 Å². The molecule has 1 aromatic carbocycles. The molecule has 0 unspecified atom stereocenters. The van der Waals surface area contributed by atoms with Gasteiger partial charge in [-0.1, -0.05) is 44.7 Å². The number of benzene rings is 1. The van der Waals surface area contributed by atoms with Crippen LogP contribution < -0.4 is 5.32 Å². The third-order valence-corrected chi connectivity index (χ3v) is 3.87. The van der Waals surface area contributed by atoms with Gasteiger partial charge in [0.15, 0.2) is 0 Å². The zero-order valence-corrected chi connectivity index (χ0v) is 14.7. The van der Waals surface area contributed by atoms with Crippen molar-refractivity contribution in [1.29, 1.82) is 0 Å². The first-order valence-electron chi connectivity index (χ1n) is 8.62. The molecule has 0 aliphatic heterocycles. The van der Waals surface area contributed by atoms with Gasteiger partial charge >= 0.3 is 0 Å². The topological polar surface area (TPSA) is 49.4 Å². The van der Waals surface area contributed by atoms with Crippen LogP contribution in [0.25, 0.3) is 0 Å². The van der Waals surface area contributed by atoms with E-state index in [0.29, 0.717) is 12.8 Å². The maximum absolute atomic E-state index is 11.9. The molecule has 0 aromatic heterocycles. The molecule has 1 N–H and O–H groups in total. The van der Waals surface area contributed by atoms with E-state index in [1.54, 1.807) is 19.0 Å². The van der Waals surface area contributed by atoms with Crippen molar-refractivity contribution >= 4 is 17.5 Å². The number of hydrogen-bond acceptors (Lipinski definition) is 2. The fraction of sp³-hybridized carbons (Fsp3) is 0.579. The Morgan fingerprint density at radius 3 is 2.22 bits per heavy atom. The highest BCUT2D eigenvalue weighted by Crippen LogP contribution is 2.13. The van der Waals surface area contributed by atoms with E-state index in [-0.39, 0.29) is 11.8 Å². The average Bonchev–Trinajstić information content (AvgIpc) is 2.53. The number of amides is 2. The number of rotatable bonds is 10. The summed E-state index contributed by atoms with van der Waals surface area (Å²) in [6.45, 7) is 2.19. The Balaban J connectivity index is 2.30. The molecule has 0 heterocycles. The summed E-state index contributed by atoms with van der Waals surface area (Å²) in [5.41, 5.74) is 1.93. The number of unbranched alkanes of at least 4 members (excludes halogenated alkanes) is 4. The molecule has 0 bridgehead atoms. The maximum Gasteiger partial charge on any atom is 0.224 e. The second-order valence-electron chi connectivity index (χ2n) is 6.20. The molecule has 0 radical (unpaired) electrons. The van der Waals surface area contributed by atoms with Crippen molar-refractivity contribution in [3.8, 4) is 0 Å². The van der Waals surface area contributed by atoms with Crippen molar-refractivity contribution in [2.75, 3.05) is 19.4 Å². The predicted molar refractivity (Wildman–Crippen MR) is 95.5 cm³/mol. The SMILES string of the molecule is CCCCCCCC(=O)Nc1ccc(CCC(=O)N(C)C)cc1. The third kappa shape index (κ3) is 8.38. The van der Waals surface area contributed by atoms with Crippen molar-refractivity contribution in [3.63, 3.8) is 0 Å². The number of nitrogens with one attached hydrogen (secondary N) is 1. The molecule has 0 atom stereocenters. The fourth-order valence-corrected chi connectivity index (χ4v) is 2.34. The van der Waals surface area contributed by atoms with E-state index < -0.39 is 0 Å². The molecular weight excluding hydrogens is 288 g/mol. The van der Waals surface area contributed by atoms with E-state index in [2.05, 4.69) is 12.2 Å². The van der Waals surface area contributed by atoms with Crippen molar-refractivity contribution in [2.45, 2.75) is 58.3 Å². The van der Waals surface area contributed by atoms with Crippen LogP contribution in [0.3, 0.4) is 0 Å². The molecule has 4 heteroatoms. The number of aryl methyl sites for hydroxylation is 1. The highest BCUT2D eigenvalue weighted by atomic mass is 16.2. The lowest BCUT2D eigenvalue weighted by atomic mass is 10.1.